The fraction of sp³-hybridized carbons (Fsp3) is 0.850. The number of unbranched alkanes of at least 4 members (excludes halogenated alkanes) is 8. The van der Waals surface area contributed by atoms with E-state index < -0.39 is 12.0 Å². The molecule has 0 bridgehead atoms. The Morgan fingerprint density at radius 3 is 2.04 bits per heavy atom. The summed E-state index contributed by atoms with van der Waals surface area (Å²) in [6.07, 6.45) is 12.0. The molecule has 0 aromatic heterocycles. The average Bonchev–Trinajstić information content (AvgIpc) is 2.63. The Morgan fingerprint density at radius 1 is 0.963 bits per heavy atom. The van der Waals surface area contributed by atoms with Gasteiger partial charge in [-0.2, -0.15) is 0 Å². The van der Waals surface area contributed by atoms with Crippen molar-refractivity contribution in [3.8, 4) is 0 Å². The van der Waals surface area contributed by atoms with E-state index in [1.54, 1.807) is 6.92 Å². The summed E-state index contributed by atoms with van der Waals surface area (Å²) in [5.74, 6) is -0.816. The largest absolute Gasteiger partial charge is 0.465 e. The Bertz CT molecular complexity index is 429. The van der Waals surface area contributed by atoms with E-state index in [1.165, 1.54) is 43.4 Å². The number of rotatable bonds is 16. The van der Waals surface area contributed by atoms with E-state index in [2.05, 4.69) is 6.92 Å². The van der Waals surface area contributed by atoms with Crippen LogP contribution in [0.5, 0.6) is 0 Å². The van der Waals surface area contributed by atoms with Crippen LogP contribution in [0.1, 0.15) is 90.9 Å². The molecule has 0 radical (unpaired) electrons. The fourth-order valence-corrected chi connectivity index (χ4v) is 2.94. The van der Waals surface area contributed by atoms with Crippen LogP contribution < -0.4 is 11.5 Å². The van der Waals surface area contributed by atoms with Crippen molar-refractivity contribution in [2.24, 2.45) is 11.5 Å². The normalized spacial score (nSPS) is 11.8. The molecular weight excluding hydrogens is 344 g/mol. The number of ether oxygens (including phenoxy) is 1. The number of carbonyl (C=O) groups is 2. The van der Waals surface area contributed by atoms with Crippen LogP contribution in [0, 0.1) is 5.41 Å². The third kappa shape index (κ3) is 13.2. The number of nitrogens with one attached hydrogen (secondary N) is 1. The summed E-state index contributed by atoms with van der Waals surface area (Å²) in [6.45, 7) is 4.55. The van der Waals surface area contributed by atoms with Gasteiger partial charge in [-0.05, 0) is 26.2 Å². The molecule has 0 aromatic rings. The minimum Gasteiger partial charge on any atom is -0.465 e. The third-order valence-electron chi connectivity index (χ3n) is 4.57. The van der Waals surface area contributed by atoms with Crippen LogP contribution in [0.25, 0.3) is 0 Å². The molecular formula is C20H40N4O3. The second-order valence-electron chi connectivity index (χ2n) is 7.01. The molecule has 0 aliphatic heterocycles. The molecule has 0 spiro atoms. The second-order valence-corrected chi connectivity index (χ2v) is 7.01. The highest BCUT2D eigenvalue weighted by Gasteiger charge is 2.18. The first-order valence-electron chi connectivity index (χ1n) is 10.5. The number of amides is 1. The van der Waals surface area contributed by atoms with E-state index in [0.29, 0.717) is 32.4 Å². The Balaban J connectivity index is 3.95. The summed E-state index contributed by atoms with van der Waals surface area (Å²) in [5, 5.41) is 7.60. The molecule has 1 atom stereocenters. The van der Waals surface area contributed by atoms with E-state index in [1.807, 2.05) is 0 Å². The number of guanidine groups is 1. The zero-order valence-corrected chi connectivity index (χ0v) is 17.3. The summed E-state index contributed by atoms with van der Waals surface area (Å²) < 4.78 is 4.86. The third-order valence-corrected chi connectivity index (χ3v) is 4.57. The van der Waals surface area contributed by atoms with Gasteiger partial charge < -0.3 is 16.2 Å². The lowest BCUT2D eigenvalue weighted by Gasteiger charge is -2.21. The zero-order chi connectivity index (χ0) is 20.5. The number of esters is 1. The maximum absolute atomic E-state index is 12.3. The molecule has 7 nitrogen and oxygen atoms in total. The molecule has 7 heteroatoms. The van der Waals surface area contributed by atoms with Gasteiger partial charge in [0.15, 0.2) is 5.96 Å². The van der Waals surface area contributed by atoms with Crippen molar-refractivity contribution >= 4 is 17.8 Å². The lowest BCUT2D eigenvalue weighted by Crippen LogP contribution is -2.42. The van der Waals surface area contributed by atoms with Crippen molar-refractivity contribution < 1.29 is 14.3 Å². The van der Waals surface area contributed by atoms with Crippen molar-refractivity contribution in [1.29, 1.82) is 5.41 Å². The maximum Gasteiger partial charge on any atom is 0.322 e. The summed E-state index contributed by atoms with van der Waals surface area (Å²) in [7, 11) is 0. The van der Waals surface area contributed by atoms with Crippen LogP contribution in [0.4, 0.5) is 0 Å². The van der Waals surface area contributed by atoms with Gasteiger partial charge in [-0.25, -0.2) is 0 Å². The first-order chi connectivity index (χ1) is 12.9. The predicted octanol–water partition coefficient (Wildman–Crippen LogP) is 3.30. The van der Waals surface area contributed by atoms with E-state index in [9.17, 15) is 9.59 Å². The van der Waals surface area contributed by atoms with Crippen LogP contribution in [0.15, 0.2) is 0 Å². The zero-order valence-electron chi connectivity index (χ0n) is 17.3. The van der Waals surface area contributed by atoms with Gasteiger partial charge in [-0.1, -0.05) is 58.3 Å². The van der Waals surface area contributed by atoms with Gasteiger partial charge in [0.2, 0.25) is 5.91 Å². The molecule has 27 heavy (non-hydrogen) atoms. The number of carbonyl (C=O) groups excluding carboxylic acids is 2. The van der Waals surface area contributed by atoms with Crippen LogP contribution in [-0.4, -0.2) is 41.9 Å². The van der Waals surface area contributed by atoms with Gasteiger partial charge in [0.25, 0.3) is 0 Å². The molecule has 0 rings (SSSR count). The van der Waals surface area contributed by atoms with Gasteiger partial charge in [-0.15, -0.1) is 0 Å². The molecule has 0 aliphatic carbocycles. The van der Waals surface area contributed by atoms with Gasteiger partial charge >= 0.3 is 5.97 Å². The summed E-state index contributed by atoms with van der Waals surface area (Å²) in [5.41, 5.74) is 11.3. The van der Waals surface area contributed by atoms with E-state index >= 15 is 0 Å². The lowest BCUT2D eigenvalue weighted by atomic mass is 10.1. The van der Waals surface area contributed by atoms with Crippen molar-refractivity contribution in [2.45, 2.75) is 96.9 Å². The number of hydrogen-bond acceptors (Lipinski definition) is 5. The summed E-state index contributed by atoms with van der Waals surface area (Å²) >= 11 is 0. The number of nitrogens with zero attached hydrogens (tertiary/aromatic N) is 1. The fourth-order valence-electron chi connectivity index (χ4n) is 2.94. The molecule has 0 heterocycles. The molecule has 5 N–H and O–H groups in total. The molecule has 0 fully saturated rings. The van der Waals surface area contributed by atoms with Gasteiger partial charge in [0, 0.05) is 13.0 Å². The van der Waals surface area contributed by atoms with E-state index in [4.69, 9.17) is 21.6 Å². The monoisotopic (exact) mass is 384 g/mol. The van der Waals surface area contributed by atoms with Crippen molar-refractivity contribution in [3.63, 3.8) is 0 Å². The first kappa shape index (κ1) is 25.4. The molecule has 0 unspecified atom stereocenters. The Kier molecular flexibility index (Phi) is 15.5. The minimum atomic E-state index is -0.703. The molecule has 0 aromatic carbocycles. The SMILES string of the molecule is CCCCCCCCCCCC(=O)N(CCC[C@H](N)C(=O)OCC)C(=N)N. The summed E-state index contributed by atoms with van der Waals surface area (Å²) in [6, 6.07) is -0.703. The van der Waals surface area contributed by atoms with Crippen molar-refractivity contribution in [2.75, 3.05) is 13.2 Å². The summed E-state index contributed by atoms with van der Waals surface area (Å²) in [4.78, 5) is 25.1. The lowest BCUT2D eigenvalue weighted by molar-refractivity contribution is -0.144. The first-order valence-corrected chi connectivity index (χ1v) is 10.5. The molecule has 0 saturated carbocycles. The number of nitrogens with two attached hydrogens (primary N) is 2. The van der Waals surface area contributed by atoms with Gasteiger partial charge in [-0.3, -0.25) is 19.9 Å². The molecule has 0 aliphatic rings. The van der Waals surface area contributed by atoms with Crippen molar-refractivity contribution in [3.05, 3.63) is 0 Å². The smallest absolute Gasteiger partial charge is 0.322 e. The topological polar surface area (TPSA) is 122 Å². The highest BCUT2D eigenvalue weighted by molar-refractivity contribution is 5.94. The van der Waals surface area contributed by atoms with Crippen LogP contribution in [-0.2, 0) is 14.3 Å². The highest BCUT2D eigenvalue weighted by atomic mass is 16.5. The van der Waals surface area contributed by atoms with E-state index in [0.717, 1.165) is 19.3 Å². The highest BCUT2D eigenvalue weighted by Crippen LogP contribution is 2.11. The van der Waals surface area contributed by atoms with Gasteiger partial charge in [0.1, 0.15) is 6.04 Å². The molecule has 158 valence electrons. The average molecular weight is 385 g/mol. The van der Waals surface area contributed by atoms with Crippen LogP contribution >= 0.6 is 0 Å². The van der Waals surface area contributed by atoms with Crippen LogP contribution in [0.3, 0.4) is 0 Å². The second kappa shape index (κ2) is 16.5. The Morgan fingerprint density at radius 2 is 1.52 bits per heavy atom. The molecule has 1 amide bonds. The maximum atomic E-state index is 12.3. The predicted molar refractivity (Wildman–Crippen MR) is 109 cm³/mol. The van der Waals surface area contributed by atoms with Crippen molar-refractivity contribution in [1.82, 2.24) is 4.90 Å². The Hall–Kier alpha value is -1.63. The quantitative estimate of drug-likeness (QED) is 0.163. The van der Waals surface area contributed by atoms with E-state index in [-0.39, 0.29) is 11.9 Å². The number of hydrogen-bond donors (Lipinski definition) is 3. The van der Waals surface area contributed by atoms with Crippen LogP contribution in [0.2, 0.25) is 0 Å². The van der Waals surface area contributed by atoms with Gasteiger partial charge in [0.05, 0.1) is 6.61 Å². The Labute approximate surface area is 164 Å². The molecule has 0 saturated heterocycles. The minimum absolute atomic E-state index is 0.129. The standard InChI is InChI=1S/C20H40N4O3/c1-3-5-6-7-8-9-10-11-12-15-18(25)24(20(22)23)16-13-14-17(21)19(26)27-4-2/h17H,3-16,21H2,1-2H3,(H3,22,23)/t17-/m0/s1.